The number of carbonyl (C=O) groups is 1. The molecule has 1 amide bonds. The van der Waals surface area contributed by atoms with E-state index in [1.165, 1.54) is 0 Å². The predicted octanol–water partition coefficient (Wildman–Crippen LogP) is 1.58. The molecule has 0 saturated carbocycles. The predicted molar refractivity (Wildman–Crippen MR) is 81.3 cm³/mol. The Labute approximate surface area is 127 Å². The van der Waals surface area contributed by atoms with Crippen molar-refractivity contribution in [2.75, 3.05) is 11.9 Å². The molecule has 0 spiro atoms. The van der Waals surface area contributed by atoms with Crippen LogP contribution < -0.4 is 16.2 Å². The zero-order valence-electron chi connectivity index (χ0n) is 11.5. The fourth-order valence-electron chi connectivity index (χ4n) is 2.32. The third kappa shape index (κ3) is 2.92. The smallest absolute Gasteiger partial charge is 0.230 e. The summed E-state index contributed by atoms with van der Waals surface area (Å²) in [6.07, 6.45) is 3.36. The largest absolute Gasteiger partial charge is 0.323 e. The number of rotatable bonds is 3. The second kappa shape index (κ2) is 5.85. The lowest BCUT2D eigenvalue weighted by Gasteiger charge is -2.12. The van der Waals surface area contributed by atoms with Crippen LogP contribution in [0, 0.1) is 5.92 Å². The van der Waals surface area contributed by atoms with Crippen LogP contribution in [0.4, 0.5) is 5.69 Å². The summed E-state index contributed by atoms with van der Waals surface area (Å²) in [4.78, 5) is 12.2. The summed E-state index contributed by atoms with van der Waals surface area (Å²) in [5, 5.41) is 7.72. The molecule has 0 radical (unpaired) electrons. The normalized spacial score (nSPS) is 21.4. The minimum Gasteiger partial charge on any atom is -0.323 e. The molecule has 1 fully saturated rings. The zero-order valence-corrected chi connectivity index (χ0v) is 12.3. The maximum Gasteiger partial charge on any atom is 0.230 e. The van der Waals surface area contributed by atoms with Crippen molar-refractivity contribution in [2.24, 2.45) is 5.92 Å². The van der Waals surface area contributed by atoms with Gasteiger partial charge in [0, 0.05) is 12.6 Å². The molecule has 6 nitrogen and oxygen atoms in total. The number of nitrogens with one attached hydrogen (secondary N) is 3. The second-order valence-electron chi connectivity index (χ2n) is 5.03. The van der Waals surface area contributed by atoms with E-state index in [4.69, 9.17) is 11.6 Å². The van der Waals surface area contributed by atoms with Crippen molar-refractivity contribution in [3.05, 3.63) is 41.7 Å². The lowest BCUT2D eigenvalue weighted by atomic mass is 10.0. The molecule has 0 aliphatic carbocycles. The molecule has 2 atom stereocenters. The van der Waals surface area contributed by atoms with Crippen molar-refractivity contribution in [3.63, 3.8) is 0 Å². The molecule has 1 aromatic heterocycles. The van der Waals surface area contributed by atoms with Crippen LogP contribution in [0.2, 0.25) is 5.02 Å². The molecule has 7 heteroatoms. The molecule has 3 N–H and O–H groups in total. The number of halogens is 1. The van der Waals surface area contributed by atoms with Crippen molar-refractivity contribution in [1.82, 2.24) is 20.6 Å². The number of nitrogens with zero attached hydrogens (tertiary/aromatic N) is 2. The first kappa shape index (κ1) is 14.1. The molecule has 0 bridgehead atoms. The maximum atomic E-state index is 12.2. The average molecular weight is 306 g/mol. The van der Waals surface area contributed by atoms with Crippen LogP contribution >= 0.6 is 11.6 Å². The van der Waals surface area contributed by atoms with Gasteiger partial charge in [-0.2, -0.15) is 5.10 Å². The molecule has 110 valence electrons. The lowest BCUT2D eigenvalue weighted by molar-refractivity contribution is -0.119. The molecule has 21 heavy (non-hydrogen) atoms. The summed E-state index contributed by atoms with van der Waals surface area (Å²) < 4.78 is 1.65. The van der Waals surface area contributed by atoms with Gasteiger partial charge in [-0.25, -0.2) is 4.68 Å². The van der Waals surface area contributed by atoms with Gasteiger partial charge in [0.1, 0.15) is 0 Å². The monoisotopic (exact) mass is 305 g/mol. The fraction of sp³-hybridized carbons (Fsp3) is 0.286. The van der Waals surface area contributed by atoms with Gasteiger partial charge in [0.2, 0.25) is 5.91 Å². The van der Waals surface area contributed by atoms with Gasteiger partial charge in [-0.1, -0.05) is 23.7 Å². The molecule has 1 saturated heterocycles. The molecule has 1 aliphatic heterocycles. The van der Waals surface area contributed by atoms with Crippen molar-refractivity contribution in [2.45, 2.75) is 13.0 Å². The van der Waals surface area contributed by atoms with E-state index in [2.05, 4.69) is 21.3 Å². The van der Waals surface area contributed by atoms with E-state index in [0.29, 0.717) is 17.3 Å². The number of hydrogen-bond donors (Lipinski definition) is 3. The van der Waals surface area contributed by atoms with Gasteiger partial charge in [-0.3, -0.25) is 15.6 Å². The zero-order chi connectivity index (χ0) is 14.8. The van der Waals surface area contributed by atoms with E-state index in [9.17, 15) is 4.79 Å². The highest BCUT2D eigenvalue weighted by molar-refractivity contribution is 6.32. The summed E-state index contributed by atoms with van der Waals surface area (Å²) >= 11 is 6.13. The van der Waals surface area contributed by atoms with Crippen molar-refractivity contribution >= 4 is 23.2 Å². The number of hydrogen-bond acceptors (Lipinski definition) is 4. The highest BCUT2D eigenvalue weighted by atomic mass is 35.5. The number of para-hydroxylation sites is 1. The van der Waals surface area contributed by atoms with E-state index in [-0.39, 0.29) is 17.9 Å². The highest BCUT2D eigenvalue weighted by Crippen LogP contribution is 2.21. The Morgan fingerprint density at radius 3 is 3.00 bits per heavy atom. The Balaban J connectivity index is 1.74. The third-order valence-corrected chi connectivity index (χ3v) is 3.86. The molecular weight excluding hydrogens is 290 g/mol. The topological polar surface area (TPSA) is 71.0 Å². The summed E-state index contributed by atoms with van der Waals surface area (Å²) in [5.41, 5.74) is 7.43. The summed E-state index contributed by atoms with van der Waals surface area (Å²) in [7, 11) is 0. The van der Waals surface area contributed by atoms with Crippen molar-refractivity contribution in [1.29, 1.82) is 0 Å². The van der Waals surface area contributed by atoms with Crippen LogP contribution in [0.3, 0.4) is 0 Å². The van der Waals surface area contributed by atoms with Gasteiger partial charge in [0.05, 0.1) is 34.7 Å². The van der Waals surface area contributed by atoms with Crippen LogP contribution in [0.15, 0.2) is 36.7 Å². The van der Waals surface area contributed by atoms with Gasteiger partial charge in [-0.15, -0.1) is 0 Å². The van der Waals surface area contributed by atoms with Crippen LogP contribution in [-0.2, 0) is 4.79 Å². The first-order valence-electron chi connectivity index (χ1n) is 6.74. The molecule has 2 heterocycles. The Bertz CT molecular complexity index is 656. The van der Waals surface area contributed by atoms with E-state index in [1.807, 2.05) is 25.1 Å². The first-order chi connectivity index (χ1) is 10.1. The van der Waals surface area contributed by atoms with Gasteiger partial charge in [0.25, 0.3) is 0 Å². The number of aromatic nitrogens is 2. The summed E-state index contributed by atoms with van der Waals surface area (Å²) in [6, 6.07) is 7.52. The minimum atomic E-state index is -0.103. The molecule has 2 unspecified atom stereocenters. The van der Waals surface area contributed by atoms with Gasteiger partial charge in [-0.05, 0) is 19.1 Å². The van der Waals surface area contributed by atoms with E-state index in [0.717, 1.165) is 5.69 Å². The van der Waals surface area contributed by atoms with E-state index < -0.39 is 0 Å². The summed E-state index contributed by atoms with van der Waals surface area (Å²) in [5.74, 6) is -0.132. The maximum absolute atomic E-state index is 12.2. The molecular formula is C14H16ClN5O. The van der Waals surface area contributed by atoms with E-state index >= 15 is 0 Å². The molecule has 2 aromatic rings. The number of anilines is 1. The first-order valence-corrected chi connectivity index (χ1v) is 7.12. The number of benzene rings is 1. The Morgan fingerprint density at radius 2 is 2.29 bits per heavy atom. The van der Waals surface area contributed by atoms with Crippen molar-refractivity contribution in [3.8, 4) is 5.69 Å². The Hall–Kier alpha value is -1.89. The number of amides is 1. The Kier molecular flexibility index (Phi) is 3.92. The van der Waals surface area contributed by atoms with Gasteiger partial charge in [0.15, 0.2) is 0 Å². The molecule has 3 rings (SSSR count). The minimum absolute atomic E-state index is 0.0290. The Morgan fingerprint density at radius 1 is 1.48 bits per heavy atom. The molecule has 1 aromatic carbocycles. The fourth-order valence-corrected chi connectivity index (χ4v) is 2.54. The van der Waals surface area contributed by atoms with Crippen LogP contribution in [0.1, 0.15) is 6.92 Å². The number of carbonyl (C=O) groups excluding carboxylic acids is 1. The SMILES string of the molecule is CC1NNCC1C(=O)Nc1cnn(-c2ccccc2Cl)c1. The quantitative estimate of drug-likeness (QED) is 0.805. The van der Waals surface area contributed by atoms with Crippen molar-refractivity contribution < 1.29 is 4.79 Å². The standard InChI is InChI=1S/C14H16ClN5O/c1-9-11(7-16-19-9)14(21)18-10-6-17-20(8-10)13-5-3-2-4-12(13)15/h2-6,8-9,11,16,19H,7H2,1H3,(H,18,21). The number of hydrazine groups is 1. The second-order valence-corrected chi connectivity index (χ2v) is 5.44. The molecule has 1 aliphatic rings. The lowest BCUT2D eigenvalue weighted by Crippen LogP contribution is -2.33. The van der Waals surface area contributed by atoms with Crippen LogP contribution in [0.5, 0.6) is 0 Å². The van der Waals surface area contributed by atoms with E-state index in [1.54, 1.807) is 23.1 Å². The van der Waals surface area contributed by atoms with Gasteiger partial charge >= 0.3 is 0 Å². The average Bonchev–Trinajstić information content (AvgIpc) is 3.08. The van der Waals surface area contributed by atoms with Gasteiger partial charge < -0.3 is 5.32 Å². The third-order valence-electron chi connectivity index (χ3n) is 3.54. The summed E-state index contributed by atoms with van der Waals surface area (Å²) in [6.45, 7) is 2.59. The highest BCUT2D eigenvalue weighted by Gasteiger charge is 2.29. The van der Waals surface area contributed by atoms with Crippen LogP contribution in [0.25, 0.3) is 5.69 Å². The van der Waals surface area contributed by atoms with Crippen LogP contribution in [-0.4, -0.2) is 28.3 Å².